The fourth-order valence-electron chi connectivity index (χ4n) is 1.86. The molecule has 0 amide bonds. The van der Waals surface area contributed by atoms with E-state index >= 15 is 0 Å². The van der Waals surface area contributed by atoms with Gasteiger partial charge >= 0.3 is 5.82 Å². The molecular formula is C9H11N3O3. The van der Waals surface area contributed by atoms with Crippen molar-refractivity contribution in [2.75, 3.05) is 0 Å². The van der Waals surface area contributed by atoms with Gasteiger partial charge in [0.2, 0.25) is 5.82 Å². The summed E-state index contributed by atoms with van der Waals surface area (Å²) in [6.45, 7) is 2.21. The number of carbonyl (C=O) groups is 1. The van der Waals surface area contributed by atoms with Crippen molar-refractivity contribution in [1.82, 2.24) is 9.55 Å². The normalized spacial score (nSPS) is 15.1. The Hall–Kier alpha value is -1.72. The number of nitrogens with zero attached hydrogens (tertiary/aromatic N) is 3. The summed E-state index contributed by atoms with van der Waals surface area (Å²) in [5, 5.41) is 10.9. The number of fused-ring (bicyclic) bond motifs is 1. The van der Waals surface area contributed by atoms with Crippen LogP contribution in [0.2, 0.25) is 0 Å². The second-order valence-electron chi connectivity index (χ2n) is 3.53. The molecule has 0 aromatic carbocycles. The van der Waals surface area contributed by atoms with Crippen molar-refractivity contribution >= 4 is 11.6 Å². The lowest BCUT2D eigenvalue weighted by Crippen LogP contribution is -2.19. The van der Waals surface area contributed by atoms with Crippen LogP contribution in [0.25, 0.3) is 0 Å². The minimum atomic E-state index is -0.412. The maximum atomic E-state index is 11.2. The van der Waals surface area contributed by atoms with Gasteiger partial charge in [0.25, 0.3) is 0 Å². The molecule has 1 aliphatic rings. The van der Waals surface area contributed by atoms with E-state index in [4.69, 9.17) is 0 Å². The summed E-state index contributed by atoms with van der Waals surface area (Å²) in [4.78, 5) is 25.8. The molecule has 0 aliphatic carbocycles. The van der Waals surface area contributed by atoms with Crippen LogP contribution in [0.5, 0.6) is 0 Å². The third-order valence-corrected chi connectivity index (χ3v) is 2.57. The maximum Gasteiger partial charge on any atom is 0.346 e. The molecule has 2 rings (SSSR count). The van der Waals surface area contributed by atoms with Crippen LogP contribution in [0.3, 0.4) is 0 Å². The molecule has 0 atom stereocenters. The number of aryl methyl sites for hydroxylation is 1. The lowest BCUT2D eigenvalue weighted by molar-refractivity contribution is -0.393. The lowest BCUT2D eigenvalue weighted by atomic mass is 10.1. The summed E-state index contributed by atoms with van der Waals surface area (Å²) in [5.41, 5.74) is 0.477. The van der Waals surface area contributed by atoms with E-state index in [1.54, 1.807) is 4.57 Å². The van der Waals surface area contributed by atoms with E-state index in [0.29, 0.717) is 30.9 Å². The predicted molar refractivity (Wildman–Crippen MR) is 51.6 cm³/mol. The predicted octanol–water partition coefficient (Wildman–Crippen LogP) is 0.869. The van der Waals surface area contributed by atoms with Crippen molar-refractivity contribution in [3.63, 3.8) is 0 Å². The zero-order valence-electron chi connectivity index (χ0n) is 8.39. The fourth-order valence-corrected chi connectivity index (χ4v) is 1.86. The van der Waals surface area contributed by atoms with Crippen molar-refractivity contribution in [1.29, 1.82) is 0 Å². The maximum absolute atomic E-state index is 11.2. The zero-order chi connectivity index (χ0) is 11.0. The molecule has 0 spiro atoms. The summed E-state index contributed by atoms with van der Waals surface area (Å²) >= 11 is 0. The SMILES string of the molecule is CCc1nc2n(c1[N+](=O)[O-])CCC(=O)C2. The Morgan fingerprint density at radius 3 is 2.93 bits per heavy atom. The monoisotopic (exact) mass is 209 g/mol. The van der Waals surface area contributed by atoms with Crippen LogP contribution in [0.1, 0.15) is 24.9 Å². The molecule has 0 saturated carbocycles. The van der Waals surface area contributed by atoms with Gasteiger partial charge in [-0.15, -0.1) is 0 Å². The molecule has 0 unspecified atom stereocenters. The molecule has 0 N–H and O–H groups in total. The first-order valence-corrected chi connectivity index (χ1v) is 4.87. The zero-order valence-corrected chi connectivity index (χ0v) is 8.39. The fraction of sp³-hybridized carbons (Fsp3) is 0.556. The third kappa shape index (κ3) is 1.51. The van der Waals surface area contributed by atoms with Crippen LogP contribution < -0.4 is 0 Å². The number of imidazole rings is 1. The summed E-state index contributed by atoms with van der Waals surface area (Å²) in [6.07, 6.45) is 1.11. The Morgan fingerprint density at radius 2 is 2.33 bits per heavy atom. The average Bonchev–Trinajstić information content (AvgIpc) is 2.54. The number of hydrogen-bond acceptors (Lipinski definition) is 4. The van der Waals surface area contributed by atoms with Gasteiger partial charge < -0.3 is 10.1 Å². The van der Waals surface area contributed by atoms with Crippen molar-refractivity contribution in [2.45, 2.75) is 32.7 Å². The topological polar surface area (TPSA) is 78.0 Å². The average molecular weight is 209 g/mol. The van der Waals surface area contributed by atoms with Gasteiger partial charge in [0.1, 0.15) is 11.5 Å². The van der Waals surface area contributed by atoms with Crippen molar-refractivity contribution in [3.05, 3.63) is 21.6 Å². The van der Waals surface area contributed by atoms with E-state index in [9.17, 15) is 14.9 Å². The highest BCUT2D eigenvalue weighted by atomic mass is 16.6. The summed E-state index contributed by atoms with van der Waals surface area (Å²) < 4.78 is 1.56. The van der Waals surface area contributed by atoms with Gasteiger partial charge in [-0.25, -0.2) is 9.55 Å². The molecule has 2 heterocycles. The highest BCUT2D eigenvalue weighted by Crippen LogP contribution is 2.24. The van der Waals surface area contributed by atoms with Gasteiger partial charge in [0.05, 0.1) is 13.0 Å². The van der Waals surface area contributed by atoms with Crippen LogP contribution in [-0.4, -0.2) is 20.3 Å². The second-order valence-corrected chi connectivity index (χ2v) is 3.53. The van der Waals surface area contributed by atoms with Crippen LogP contribution in [0, 0.1) is 10.1 Å². The molecule has 0 bridgehead atoms. The highest BCUT2D eigenvalue weighted by Gasteiger charge is 2.30. The summed E-state index contributed by atoms with van der Waals surface area (Å²) in [5.74, 6) is 0.694. The van der Waals surface area contributed by atoms with Crippen LogP contribution in [0.15, 0.2) is 0 Å². The number of ketones is 1. The van der Waals surface area contributed by atoms with Gasteiger partial charge in [-0.2, -0.15) is 0 Å². The number of nitro groups is 1. The van der Waals surface area contributed by atoms with Gasteiger partial charge in [-0.05, 0) is 11.3 Å². The van der Waals surface area contributed by atoms with E-state index in [0.717, 1.165) is 0 Å². The first-order valence-electron chi connectivity index (χ1n) is 4.87. The molecule has 1 aromatic heterocycles. The quantitative estimate of drug-likeness (QED) is 0.534. The minimum Gasteiger partial charge on any atom is -0.358 e. The lowest BCUT2D eigenvalue weighted by Gasteiger charge is -2.08. The Bertz CT molecular complexity index is 436. The summed E-state index contributed by atoms with van der Waals surface area (Å²) in [7, 11) is 0. The number of rotatable bonds is 2. The minimum absolute atomic E-state index is 0.0556. The van der Waals surface area contributed by atoms with E-state index in [2.05, 4.69) is 4.98 Å². The van der Waals surface area contributed by atoms with E-state index in [1.165, 1.54) is 0 Å². The van der Waals surface area contributed by atoms with E-state index in [-0.39, 0.29) is 18.0 Å². The molecular weight excluding hydrogens is 198 g/mol. The van der Waals surface area contributed by atoms with Gasteiger partial charge in [-0.3, -0.25) is 4.79 Å². The van der Waals surface area contributed by atoms with Crippen molar-refractivity contribution in [2.24, 2.45) is 0 Å². The molecule has 6 heteroatoms. The third-order valence-electron chi connectivity index (χ3n) is 2.57. The molecule has 1 aromatic rings. The van der Waals surface area contributed by atoms with E-state index in [1.807, 2.05) is 6.92 Å². The largest absolute Gasteiger partial charge is 0.358 e. The smallest absolute Gasteiger partial charge is 0.346 e. The van der Waals surface area contributed by atoms with Crippen LogP contribution >= 0.6 is 0 Å². The van der Waals surface area contributed by atoms with E-state index < -0.39 is 4.92 Å². The molecule has 80 valence electrons. The molecule has 0 radical (unpaired) electrons. The van der Waals surface area contributed by atoms with Gasteiger partial charge in [0.15, 0.2) is 0 Å². The highest BCUT2D eigenvalue weighted by molar-refractivity contribution is 5.81. The number of hydrogen-bond donors (Lipinski definition) is 0. The number of carbonyl (C=O) groups excluding carboxylic acids is 1. The summed E-state index contributed by atoms with van der Waals surface area (Å²) in [6, 6.07) is 0. The molecule has 15 heavy (non-hydrogen) atoms. The van der Waals surface area contributed by atoms with Crippen LogP contribution in [0.4, 0.5) is 5.82 Å². The second kappa shape index (κ2) is 3.45. The first kappa shape index (κ1) is 9.82. The molecule has 0 fully saturated rings. The standard InChI is InChI=1S/C9H11N3O3/c1-2-7-9(12(14)15)11-4-3-6(13)5-8(11)10-7/h2-5H2,1H3. The van der Waals surface area contributed by atoms with Crippen molar-refractivity contribution in [3.8, 4) is 0 Å². The molecule has 0 saturated heterocycles. The number of aromatic nitrogens is 2. The van der Waals surface area contributed by atoms with Gasteiger partial charge in [-0.1, -0.05) is 6.92 Å². The Balaban J connectivity index is 2.53. The molecule has 1 aliphatic heterocycles. The molecule has 6 nitrogen and oxygen atoms in total. The van der Waals surface area contributed by atoms with Crippen molar-refractivity contribution < 1.29 is 9.72 Å². The Labute approximate surface area is 86.1 Å². The number of Topliss-reactive ketones (excluding diaryl/α,β-unsaturated/α-hetero) is 1. The van der Waals surface area contributed by atoms with Crippen LogP contribution in [-0.2, 0) is 24.2 Å². The Kier molecular flexibility index (Phi) is 2.26. The Morgan fingerprint density at radius 1 is 1.60 bits per heavy atom. The van der Waals surface area contributed by atoms with Gasteiger partial charge in [0, 0.05) is 6.42 Å². The first-order chi connectivity index (χ1) is 7.13.